The lowest BCUT2D eigenvalue weighted by Gasteiger charge is -2.10. The van der Waals surface area contributed by atoms with E-state index in [9.17, 15) is 25.0 Å². The van der Waals surface area contributed by atoms with Crippen LogP contribution in [-0.2, 0) is 4.79 Å². The number of nitriles is 1. The fourth-order valence-corrected chi connectivity index (χ4v) is 2.56. The van der Waals surface area contributed by atoms with E-state index in [1.54, 1.807) is 6.07 Å². The molecule has 2 aromatic carbocycles. The first-order valence-corrected chi connectivity index (χ1v) is 9.03. The minimum Gasteiger partial charge on any atom is -0.493 e. The molecule has 0 saturated heterocycles. The fourth-order valence-electron chi connectivity index (χ4n) is 2.37. The average molecular weight is 442 g/mol. The lowest BCUT2D eigenvalue weighted by molar-refractivity contribution is -0.384. The number of hydrogen-bond donors (Lipinski definition) is 1. The van der Waals surface area contributed by atoms with E-state index in [-0.39, 0.29) is 34.2 Å². The van der Waals surface area contributed by atoms with Crippen LogP contribution in [0.3, 0.4) is 0 Å². The molecule has 1 amide bonds. The first-order chi connectivity index (χ1) is 14.8. The number of nitro groups is 1. The van der Waals surface area contributed by atoms with Gasteiger partial charge in [-0.25, -0.2) is 4.79 Å². The zero-order valence-electron chi connectivity index (χ0n) is 16.3. The molecule has 1 N–H and O–H groups in total. The standard InChI is InChI=1S/C21H16ClN3O6/c1-3-8-24-20(26)15(12-23)9-13-4-7-18(19(10-13)30-2)31-21(27)14-5-6-16(22)17(11-14)25(28)29/h3-7,9-11H,1,8H2,2H3,(H,24,26)/b15-9+. The topological polar surface area (TPSA) is 132 Å². The monoisotopic (exact) mass is 441 g/mol. The average Bonchev–Trinajstić information content (AvgIpc) is 2.76. The molecule has 158 valence electrons. The maximum Gasteiger partial charge on any atom is 0.343 e. The number of hydrogen-bond acceptors (Lipinski definition) is 7. The van der Waals surface area contributed by atoms with Crippen molar-refractivity contribution in [2.75, 3.05) is 13.7 Å². The van der Waals surface area contributed by atoms with Gasteiger partial charge >= 0.3 is 5.97 Å². The maximum absolute atomic E-state index is 12.4. The van der Waals surface area contributed by atoms with Crippen LogP contribution in [0.1, 0.15) is 15.9 Å². The number of nitro benzene ring substituents is 1. The Balaban J connectivity index is 2.29. The number of nitrogens with zero attached hydrogens (tertiary/aromatic N) is 2. The van der Waals surface area contributed by atoms with Gasteiger partial charge in [0.1, 0.15) is 16.7 Å². The predicted molar refractivity (Wildman–Crippen MR) is 113 cm³/mol. The molecule has 0 aliphatic carbocycles. The third-order valence-electron chi connectivity index (χ3n) is 3.85. The van der Waals surface area contributed by atoms with Gasteiger partial charge < -0.3 is 14.8 Å². The number of rotatable bonds is 8. The Morgan fingerprint density at radius 1 is 1.29 bits per heavy atom. The molecule has 0 bridgehead atoms. The van der Waals surface area contributed by atoms with Gasteiger partial charge in [-0.2, -0.15) is 5.26 Å². The van der Waals surface area contributed by atoms with Crippen molar-refractivity contribution in [1.82, 2.24) is 5.32 Å². The number of amides is 1. The van der Waals surface area contributed by atoms with E-state index in [0.717, 1.165) is 6.07 Å². The van der Waals surface area contributed by atoms with Crippen molar-refractivity contribution in [2.45, 2.75) is 0 Å². The highest BCUT2D eigenvalue weighted by molar-refractivity contribution is 6.32. The molecule has 0 atom stereocenters. The SMILES string of the molecule is C=CCNC(=O)/C(C#N)=C/c1ccc(OC(=O)c2ccc(Cl)c([N+](=O)[O-])c2)c(OC)c1. The molecule has 0 heterocycles. The molecule has 0 aliphatic rings. The van der Waals surface area contributed by atoms with Crippen molar-refractivity contribution in [3.8, 4) is 17.6 Å². The van der Waals surface area contributed by atoms with Crippen LogP contribution in [0, 0.1) is 21.4 Å². The summed E-state index contributed by atoms with van der Waals surface area (Å²) in [5.41, 5.74) is -0.193. The second kappa shape index (κ2) is 10.6. The van der Waals surface area contributed by atoms with Crippen LogP contribution in [0.25, 0.3) is 6.08 Å². The van der Waals surface area contributed by atoms with Crippen molar-refractivity contribution in [3.05, 3.63) is 80.9 Å². The molecule has 31 heavy (non-hydrogen) atoms. The molecule has 2 aromatic rings. The first kappa shape index (κ1) is 23.1. The second-order valence-corrected chi connectivity index (χ2v) is 6.30. The number of halogens is 1. The minimum absolute atomic E-state index is 0.0388. The van der Waals surface area contributed by atoms with E-state index < -0.39 is 22.5 Å². The van der Waals surface area contributed by atoms with E-state index in [1.807, 2.05) is 0 Å². The summed E-state index contributed by atoms with van der Waals surface area (Å²) in [5.74, 6) is -1.24. The summed E-state index contributed by atoms with van der Waals surface area (Å²) >= 11 is 5.75. The first-order valence-electron chi connectivity index (χ1n) is 8.65. The summed E-state index contributed by atoms with van der Waals surface area (Å²) in [6, 6.07) is 9.71. The van der Waals surface area contributed by atoms with Crippen LogP contribution in [0.2, 0.25) is 5.02 Å². The predicted octanol–water partition coefficient (Wildman–Crippen LogP) is 3.69. The Bertz CT molecular complexity index is 1120. The third-order valence-corrected chi connectivity index (χ3v) is 4.17. The number of carbonyl (C=O) groups is 2. The number of ether oxygens (including phenoxy) is 2. The molecule has 10 heteroatoms. The van der Waals surface area contributed by atoms with Crippen molar-refractivity contribution >= 4 is 35.2 Å². The number of esters is 1. The number of nitrogens with one attached hydrogen (secondary N) is 1. The lowest BCUT2D eigenvalue weighted by atomic mass is 10.1. The highest BCUT2D eigenvalue weighted by atomic mass is 35.5. The molecule has 0 unspecified atom stereocenters. The van der Waals surface area contributed by atoms with Gasteiger partial charge in [-0.1, -0.05) is 23.7 Å². The van der Waals surface area contributed by atoms with Crippen LogP contribution >= 0.6 is 11.6 Å². The second-order valence-electron chi connectivity index (χ2n) is 5.89. The van der Waals surface area contributed by atoms with Gasteiger partial charge in [-0.3, -0.25) is 14.9 Å². The molecule has 2 rings (SSSR count). The summed E-state index contributed by atoms with van der Waals surface area (Å²) in [6.07, 6.45) is 2.82. The smallest absolute Gasteiger partial charge is 0.343 e. The number of benzene rings is 2. The van der Waals surface area contributed by atoms with E-state index >= 15 is 0 Å². The van der Waals surface area contributed by atoms with Crippen molar-refractivity contribution in [1.29, 1.82) is 5.26 Å². The molecule has 0 spiro atoms. The van der Waals surface area contributed by atoms with Crippen molar-refractivity contribution < 1.29 is 24.0 Å². The molecule has 0 fully saturated rings. The number of methoxy groups -OCH3 is 1. The Morgan fingerprint density at radius 2 is 2.03 bits per heavy atom. The van der Waals surface area contributed by atoms with Crippen molar-refractivity contribution in [2.24, 2.45) is 0 Å². The molecule has 0 aliphatic heterocycles. The maximum atomic E-state index is 12.4. The number of carbonyl (C=O) groups excluding carboxylic acids is 2. The van der Waals surface area contributed by atoms with E-state index in [2.05, 4.69) is 11.9 Å². The van der Waals surface area contributed by atoms with Gasteiger partial charge in [0.25, 0.3) is 11.6 Å². The van der Waals surface area contributed by atoms with Crippen LogP contribution in [0.15, 0.2) is 54.6 Å². The minimum atomic E-state index is -0.858. The Kier molecular flexibility index (Phi) is 7.88. The summed E-state index contributed by atoms with van der Waals surface area (Å²) in [6.45, 7) is 3.69. The molecular weight excluding hydrogens is 426 g/mol. The van der Waals surface area contributed by atoms with E-state index in [0.29, 0.717) is 5.56 Å². The normalized spacial score (nSPS) is 10.5. The van der Waals surface area contributed by atoms with Gasteiger partial charge in [0.2, 0.25) is 0 Å². The molecule has 0 aromatic heterocycles. The Morgan fingerprint density at radius 3 is 2.65 bits per heavy atom. The van der Waals surface area contributed by atoms with Crippen LogP contribution < -0.4 is 14.8 Å². The summed E-state index contributed by atoms with van der Waals surface area (Å²) in [4.78, 5) is 34.7. The Labute approximate surface area is 182 Å². The zero-order chi connectivity index (χ0) is 23.0. The molecule has 9 nitrogen and oxygen atoms in total. The Hall–Kier alpha value is -4.16. The zero-order valence-corrected chi connectivity index (χ0v) is 17.0. The highest BCUT2D eigenvalue weighted by Crippen LogP contribution is 2.31. The largest absolute Gasteiger partial charge is 0.493 e. The van der Waals surface area contributed by atoms with E-state index in [1.165, 1.54) is 49.6 Å². The molecule has 0 radical (unpaired) electrons. The highest BCUT2D eigenvalue weighted by Gasteiger charge is 2.19. The van der Waals surface area contributed by atoms with Crippen LogP contribution in [-0.4, -0.2) is 30.5 Å². The van der Waals surface area contributed by atoms with Crippen LogP contribution in [0.4, 0.5) is 5.69 Å². The van der Waals surface area contributed by atoms with Gasteiger partial charge in [-0.15, -0.1) is 6.58 Å². The summed E-state index contributed by atoms with van der Waals surface area (Å²) in [5, 5.41) is 22.6. The van der Waals surface area contributed by atoms with Crippen molar-refractivity contribution in [3.63, 3.8) is 0 Å². The van der Waals surface area contributed by atoms with Gasteiger partial charge in [0.05, 0.1) is 17.6 Å². The van der Waals surface area contributed by atoms with Gasteiger partial charge in [0, 0.05) is 12.6 Å². The fraction of sp³-hybridized carbons (Fsp3) is 0.0952. The van der Waals surface area contributed by atoms with E-state index in [4.69, 9.17) is 21.1 Å². The van der Waals surface area contributed by atoms with Gasteiger partial charge in [-0.05, 0) is 35.9 Å². The third kappa shape index (κ3) is 5.91. The lowest BCUT2D eigenvalue weighted by Crippen LogP contribution is -2.24. The quantitative estimate of drug-likeness (QED) is 0.126. The summed E-state index contributed by atoms with van der Waals surface area (Å²) < 4.78 is 10.5. The van der Waals surface area contributed by atoms with Gasteiger partial charge in [0.15, 0.2) is 11.5 Å². The molecule has 0 saturated carbocycles. The molecular formula is C21H16ClN3O6. The van der Waals surface area contributed by atoms with Crippen LogP contribution in [0.5, 0.6) is 11.5 Å². The summed E-state index contributed by atoms with van der Waals surface area (Å²) in [7, 11) is 1.34.